The first-order chi connectivity index (χ1) is 8.90. The van der Waals surface area contributed by atoms with Gasteiger partial charge in [0.15, 0.2) is 0 Å². The Hall–Kier alpha value is -1.51. The van der Waals surface area contributed by atoms with E-state index >= 15 is 0 Å². The first-order valence-corrected chi connectivity index (χ1v) is 6.99. The van der Waals surface area contributed by atoms with Gasteiger partial charge in [0.2, 0.25) is 5.91 Å². The van der Waals surface area contributed by atoms with Gasteiger partial charge in [0, 0.05) is 24.7 Å². The largest absolute Gasteiger partial charge is 0.382 e. The molecule has 1 aliphatic carbocycles. The number of carbonyl (C=O) groups excluding carboxylic acids is 1. The van der Waals surface area contributed by atoms with Gasteiger partial charge in [0.1, 0.15) is 0 Å². The second-order valence-corrected chi connectivity index (χ2v) is 6.45. The highest BCUT2D eigenvalue weighted by atomic mass is 16.1. The molecule has 3 heteroatoms. The van der Waals surface area contributed by atoms with E-state index in [1.54, 1.807) is 7.05 Å². The summed E-state index contributed by atoms with van der Waals surface area (Å²) in [6.45, 7) is 6.65. The number of carbonyl (C=O) groups is 1. The van der Waals surface area contributed by atoms with Crippen LogP contribution in [0, 0.1) is 5.92 Å². The zero-order valence-electron chi connectivity index (χ0n) is 12.3. The molecule has 1 fully saturated rings. The molecule has 0 aliphatic heterocycles. The summed E-state index contributed by atoms with van der Waals surface area (Å²) in [6.07, 6.45) is 1.86. The molecule has 3 nitrogen and oxygen atoms in total. The van der Waals surface area contributed by atoms with E-state index in [9.17, 15) is 4.79 Å². The average molecular weight is 260 g/mol. The van der Waals surface area contributed by atoms with E-state index in [0.29, 0.717) is 6.04 Å². The van der Waals surface area contributed by atoms with Gasteiger partial charge in [-0.05, 0) is 36.0 Å². The van der Waals surface area contributed by atoms with E-state index in [1.165, 1.54) is 5.56 Å². The number of hydrogen-bond acceptors (Lipinski definition) is 2. The lowest BCUT2D eigenvalue weighted by molar-refractivity contribution is -0.127. The molecule has 104 valence electrons. The number of anilines is 1. The predicted molar refractivity (Wildman–Crippen MR) is 79.3 cm³/mol. The van der Waals surface area contributed by atoms with E-state index in [-0.39, 0.29) is 17.2 Å². The van der Waals surface area contributed by atoms with Crippen LogP contribution in [0.15, 0.2) is 24.3 Å². The van der Waals surface area contributed by atoms with Crippen molar-refractivity contribution >= 4 is 11.6 Å². The molecular weight excluding hydrogens is 236 g/mol. The van der Waals surface area contributed by atoms with Gasteiger partial charge in [-0.1, -0.05) is 32.9 Å². The molecule has 1 aromatic rings. The summed E-state index contributed by atoms with van der Waals surface area (Å²) in [6, 6.07) is 9.05. The molecule has 1 aliphatic rings. The highest BCUT2D eigenvalue weighted by Crippen LogP contribution is 2.31. The van der Waals surface area contributed by atoms with Gasteiger partial charge in [-0.2, -0.15) is 0 Å². The molecule has 0 radical (unpaired) electrons. The predicted octanol–water partition coefficient (Wildman–Crippen LogP) is 2.92. The van der Waals surface area contributed by atoms with Crippen LogP contribution in [-0.4, -0.2) is 19.0 Å². The first-order valence-electron chi connectivity index (χ1n) is 6.99. The third kappa shape index (κ3) is 3.28. The van der Waals surface area contributed by atoms with Gasteiger partial charge in [-0.25, -0.2) is 0 Å². The van der Waals surface area contributed by atoms with E-state index in [2.05, 4.69) is 55.7 Å². The molecule has 0 heterocycles. The highest BCUT2D eigenvalue weighted by Gasteiger charge is 2.33. The van der Waals surface area contributed by atoms with Crippen molar-refractivity contribution in [1.82, 2.24) is 5.32 Å². The van der Waals surface area contributed by atoms with Crippen LogP contribution >= 0.6 is 0 Å². The standard InChI is InChI=1S/C16H24N2O/c1-16(2,3)12-5-7-13(8-6-12)18-14-9-11(10-14)15(19)17-4/h5-8,11,14,18H,9-10H2,1-4H3,(H,17,19). The number of rotatable bonds is 3. The second kappa shape index (κ2) is 5.24. The zero-order valence-corrected chi connectivity index (χ0v) is 12.3. The minimum atomic E-state index is 0.168. The fraction of sp³-hybridized carbons (Fsp3) is 0.562. The van der Waals surface area contributed by atoms with Crippen LogP contribution in [0.2, 0.25) is 0 Å². The van der Waals surface area contributed by atoms with Crippen LogP contribution in [0.1, 0.15) is 39.2 Å². The Kier molecular flexibility index (Phi) is 3.83. The topological polar surface area (TPSA) is 41.1 Å². The van der Waals surface area contributed by atoms with Crippen molar-refractivity contribution in [3.8, 4) is 0 Å². The summed E-state index contributed by atoms with van der Waals surface area (Å²) in [4.78, 5) is 11.4. The molecule has 2 rings (SSSR count). The summed E-state index contributed by atoms with van der Waals surface area (Å²) in [5.41, 5.74) is 2.68. The van der Waals surface area contributed by atoms with Crippen LogP contribution in [0.4, 0.5) is 5.69 Å². The van der Waals surface area contributed by atoms with E-state index < -0.39 is 0 Å². The molecule has 1 saturated carbocycles. The van der Waals surface area contributed by atoms with Crippen LogP contribution in [0.5, 0.6) is 0 Å². The molecule has 0 unspecified atom stereocenters. The van der Waals surface area contributed by atoms with Crippen molar-refractivity contribution in [2.24, 2.45) is 5.92 Å². The Morgan fingerprint density at radius 3 is 2.21 bits per heavy atom. The molecular formula is C16H24N2O. The van der Waals surface area contributed by atoms with Crippen LogP contribution < -0.4 is 10.6 Å². The number of amides is 1. The van der Waals surface area contributed by atoms with Crippen molar-refractivity contribution in [2.75, 3.05) is 12.4 Å². The minimum Gasteiger partial charge on any atom is -0.382 e. The lowest BCUT2D eigenvalue weighted by Crippen LogP contribution is -2.43. The second-order valence-electron chi connectivity index (χ2n) is 6.45. The summed E-state index contributed by atoms with van der Waals surface area (Å²) >= 11 is 0. The van der Waals surface area contributed by atoms with Crippen LogP contribution in [-0.2, 0) is 10.2 Å². The summed E-state index contributed by atoms with van der Waals surface area (Å²) in [5, 5.41) is 6.19. The van der Waals surface area contributed by atoms with E-state index in [4.69, 9.17) is 0 Å². The normalized spacial score (nSPS) is 22.5. The Balaban J connectivity index is 1.87. The monoisotopic (exact) mass is 260 g/mol. The third-order valence-corrected chi connectivity index (χ3v) is 3.88. The maximum absolute atomic E-state index is 11.4. The Bertz CT molecular complexity index is 439. The van der Waals surface area contributed by atoms with Gasteiger partial charge >= 0.3 is 0 Å². The molecule has 1 amide bonds. The van der Waals surface area contributed by atoms with Gasteiger partial charge in [-0.15, -0.1) is 0 Å². The Labute approximate surface area is 115 Å². The molecule has 0 bridgehead atoms. The van der Waals surface area contributed by atoms with Gasteiger partial charge in [0.05, 0.1) is 0 Å². The van der Waals surface area contributed by atoms with Gasteiger partial charge < -0.3 is 10.6 Å². The van der Waals surface area contributed by atoms with Crippen molar-refractivity contribution < 1.29 is 4.79 Å². The quantitative estimate of drug-likeness (QED) is 0.877. The van der Waals surface area contributed by atoms with Crippen molar-refractivity contribution in [1.29, 1.82) is 0 Å². The van der Waals surface area contributed by atoms with Gasteiger partial charge in [-0.3, -0.25) is 4.79 Å². The van der Waals surface area contributed by atoms with E-state index in [0.717, 1.165) is 18.5 Å². The van der Waals surface area contributed by atoms with Crippen LogP contribution in [0.25, 0.3) is 0 Å². The SMILES string of the molecule is CNC(=O)C1CC(Nc2ccc(C(C)(C)C)cc2)C1. The molecule has 0 saturated heterocycles. The fourth-order valence-corrected chi connectivity index (χ4v) is 2.46. The average Bonchev–Trinajstić information content (AvgIpc) is 2.32. The third-order valence-electron chi connectivity index (χ3n) is 3.88. The molecule has 0 spiro atoms. The summed E-state index contributed by atoms with van der Waals surface area (Å²) in [7, 11) is 1.70. The van der Waals surface area contributed by atoms with Crippen molar-refractivity contribution in [3.63, 3.8) is 0 Å². The highest BCUT2D eigenvalue weighted by molar-refractivity contribution is 5.79. The maximum atomic E-state index is 11.4. The number of hydrogen-bond donors (Lipinski definition) is 2. The number of nitrogens with one attached hydrogen (secondary N) is 2. The maximum Gasteiger partial charge on any atom is 0.223 e. The molecule has 0 aromatic heterocycles. The molecule has 1 aromatic carbocycles. The number of benzene rings is 1. The Morgan fingerprint density at radius 2 is 1.74 bits per heavy atom. The lowest BCUT2D eigenvalue weighted by atomic mass is 9.79. The minimum absolute atomic E-state index is 0.168. The lowest BCUT2D eigenvalue weighted by Gasteiger charge is -2.35. The molecule has 0 atom stereocenters. The van der Waals surface area contributed by atoms with Crippen molar-refractivity contribution in [2.45, 2.75) is 45.1 Å². The summed E-state index contributed by atoms with van der Waals surface area (Å²) < 4.78 is 0. The Morgan fingerprint density at radius 1 is 1.16 bits per heavy atom. The first kappa shape index (κ1) is 13.9. The molecule has 19 heavy (non-hydrogen) atoms. The zero-order chi connectivity index (χ0) is 14.0. The smallest absolute Gasteiger partial charge is 0.223 e. The summed E-state index contributed by atoms with van der Waals surface area (Å²) in [5.74, 6) is 0.359. The van der Waals surface area contributed by atoms with Crippen LogP contribution in [0.3, 0.4) is 0 Å². The molecule has 2 N–H and O–H groups in total. The van der Waals surface area contributed by atoms with E-state index in [1.807, 2.05) is 0 Å². The van der Waals surface area contributed by atoms with Gasteiger partial charge in [0.25, 0.3) is 0 Å². The van der Waals surface area contributed by atoms with Crippen molar-refractivity contribution in [3.05, 3.63) is 29.8 Å². The fourth-order valence-electron chi connectivity index (χ4n) is 2.46.